The van der Waals surface area contributed by atoms with Crippen molar-refractivity contribution >= 4 is 17.7 Å². The fourth-order valence-electron chi connectivity index (χ4n) is 1.34. The van der Waals surface area contributed by atoms with Crippen molar-refractivity contribution in [1.29, 1.82) is 0 Å². The highest BCUT2D eigenvalue weighted by atomic mass is 35.5. The van der Waals surface area contributed by atoms with Crippen LogP contribution in [0.3, 0.4) is 0 Å². The van der Waals surface area contributed by atoms with Gasteiger partial charge in [0, 0.05) is 19.0 Å². The fourth-order valence-corrected chi connectivity index (χ4v) is 1.44. The van der Waals surface area contributed by atoms with Gasteiger partial charge in [-0.3, -0.25) is 0 Å². The Labute approximate surface area is 89.1 Å². The van der Waals surface area contributed by atoms with E-state index < -0.39 is 0 Å². The number of nitrogens with zero attached hydrogens (tertiary/aromatic N) is 1. The van der Waals surface area contributed by atoms with Crippen LogP contribution in [0.25, 0.3) is 0 Å². The van der Waals surface area contributed by atoms with E-state index in [0.717, 1.165) is 25.9 Å². The number of halogens is 1. The Balaban J connectivity index is 1.97. The molecule has 0 spiro atoms. The summed E-state index contributed by atoms with van der Waals surface area (Å²) in [4.78, 5) is 13.0. The topological polar surface area (TPSA) is 38.8 Å². The average molecular weight is 222 g/mol. The first-order valence-electron chi connectivity index (χ1n) is 4.90. The minimum Gasteiger partial charge on any atom is -0.447 e. The Hall–Kier alpha value is -0.480. The van der Waals surface area contributed by atoms with E-state index in [-0.39, 0.29) is 6.09 Å². The van der Waals surface area contributed by atoms with E-state index in [1.165, 1.54) is 0 Å². The summed E-state index contributed by atoms with van der Waals surface area (Å²) in [5.41, 5.74) is 0. The summed E-state index contributed by atoms with van der Waals surface area (Å²) in [7, 11) is 0. The monoisotopic (exact) mass is 221 g/mol. The highest BCUT2D eigenvalue weighted by molar-refractivity contribution is 6.17. The molecule has 0 saturated carbocycles. The summed E-state index contributed by atoms with van der Waals surface area (Å²) in [5.74, 6) is 0.472. The minimum absolute atomic E-state index is 0.225. The molecule has 0 aromatic rings. The van der Waals surface area contributed by atoms with E-state index in [0.29, 0.717) is 25.7 Å². The second-order valence-electron chi connectivity index (χ2n) is 3.11. The molecule has 1 heterocycles. The van der Waals surface area contributed by atoms with Gasteiger partial charge in [-0.2, -0.15) is 0 Å². The first-order valence-corrected chi connectivity index (χ1v) is 5.43. The zero-order chi connectivity index (χ0) is 10.2. The molecule has 1 aliphatic heterocycles. The molecule has 0 bridgehead atoms. The molecule has 0 radical (unpaired) electrons. The van der Waals surface area contributed by atoms with Gasteiger partial charge in [0.15, 0.2) is 0 Å². The van der Waals surface area contributed by atoms with Crippen molar-refractivity contribution in [3.8, 4) is 0 Å². The maximum Gasteiger partial charge on any atom is 0.409 e. The van der Waals surface area contributed by atoms with Gasteiger partial charge in [-0.25, -0.2) is 4.79 Å². The van der Waals surface area contributed by atoms with Gasteiger partial charge in [0.25, 0.3) is 0 Å². The van der Waals surface area contributed by atoms with Gasteiger partial charge in [-0.1, -0.05) is 0 Å². The highest BCUT2D eigenvalue weighted by Gasteiger charge is 2.18. The number of likely N-dealkylation sites (tertiary alicyclic amines) is 1. The van der Waals surface area contributed by atoms with E-state index in [1.54, 1.807) is 4.90 Å². The molecular weight excluding hydrogens is 206 g/mol. The van der Waals surface area contributed by atoms with Crippen molar-refractivity contribution in [2.75, 3.05) is 38.8 Å². The summed E-state index contributed by atoms with van der Waals surface area (Å²) >= 11 is 5.41. The minimum atomic E-state index is -0.225. The van der Waals surface area contributed by atoms with Crippen LogP contribution in [0.2, 0.25) is 0 Å². The number of rotatable bonds is 5. The first-order chi connectivity index (χ1) is 6.84. The normalized spacial score (nSPS) is 15.9. The molecule has 0 aromatic heterocycles. The molecule has 4 nitrogen and oxygen atoms in total. The highest BCUT2D eigenvalue weighted by Crippen LogP contribution is 2.08. The maximum atomic E-state index is 11.3. The molecule has 1 saturated heterocycles. The quantitative estimate of drug-likeness (QED) is 0.521. The van der Waals surface area contributed by atoms with Gasteiger partial charge < -0.3 is 14.4 Å². The van der Waals surface area contributed by atoms with Crippen molar-refractivity contribution in [1.82, 2.24) is 4.90 Å². The number of ether oxygens (including phenoxy) is 2. The Morgan fingerprint density at radius 2 is 1.93 bits per heavy atom. The third-order valence-electron chi connectivity index (χ3n) is 2.04. The molecule has 1 fully saturated rings. The van der Waals surface area contributed by atoms with Gasteiger partial charge in [0.2, 0.25) is 0 Å². The van der Waals surface area contributed by atoms with Crippen molar-refractivity contribution in [2.45, 2.75) is 12.8 Å². The lowest BCUT2D eigenvalue weighted by Crippen LogP contribution is -2.29. The third kappa shape index (κ3) is 4.15. The van der Waals surface area contributed by atoms with Crippen LogP contribution >= 0.6 is 11.6 Å². The SMILES string of the molecule is O=C(OCCOCCCl)N1CCCC1. The molecule has 0 N–H and O–H groups in total. The summed E-state index contributed by atoms with van der Waals surface area (Å²) in [6, 6.07) is 0. The lowest BCUT2D eigenvalue weighted by Gasteiger charge is -2.14. The summed E-state index contributed by atoms with van der Waals surface area (Å²) in [5, 5.41) is 0. The van der Waals surface area contributed by atoms with Gasteiger partial charge in [0.1, 0.15) is 6.61 Å². The Kier molecular flexibility index (Phi) is 5.71. The molecule has 5 heteroatoms. The Morgan fingerprint density at radius 1 is 1.21 bits per heavy atom. The van der Waals surface area contributed by atoms with Crippen LogP contribution in [0.4, 0.5) is 4.79 Å². The largest absolute Gasteiger partial charge is 0.447 e. The first kappa shape index (κ1) is 11.6. The third-order valence-corrected chi connectivity index (χ3v) is 2.19. The number of hydrogen-bond donors (Lipinski definition) is 0. The molecule has 1 amide bonds. The van der Waals surface area contributed by atoms with Crippen LogP contribution in [-0.2, 0) is 9.47 Å². The molecule has 82 valence electrons. The Bertz CT molecular complexity index is 171. The van der Waals surface area contributed by atoms with E-state index in [2.05, 4.69) is 0 Å². The van der Waals surface area contributed by atoms with E-state index in [4.69, 9.17) is 21.1 Å². The number of hydrogen-bond acceptors (Lipinski definition) is 3. The van der Waals surface area contributed by atoms with Crippen LogP contribution in [0.1, 0.15) is 12.8 Å². The van der Waals surface area contributed by atoms with E-state index in [9.17, 15) is 4.79 Å². The van der Waals surface area contributed by atoms with Gasteiger partial charge in [-0.05, 0) is 12.8 Å². The van der Waals surface area contributed by atoms with Gasteiger partial charge in [-0.15, -0.1) is 11.6 Å². The standard InChI is InChI=1S/C9H16ClNO3/c10-3-6-13-7-8-14-9(12)11-4-1-2-5-11/h1-8H2. The molecule has 0 atom stereocenters. The molecule has 0 aromatic carbocycles. The number of alkyl halides is 1. The number of carbonyl (C=O) groups excluding carboxylic acids is 1. The van der Waals surface area contributed by atoms with Crippen LogP contribution in [-0.4, -0.2) is 49.8 Å². The van der Waals surface area contributed by atoms with Crippen molar-refractivity contribution in [2.24, 2.45) is 0 Å². The maximum absolute atomic E-state index is 11.3. The molecule has 1 aliphatic rings. The molecule has 1 rings (SSSR count). The van der Waals surface area contributed by atoms with Crippen molar-refractivity contribution in [3.63, 3.8) is 0 Å². The molecular formula is C9H16ClNO3. The molecule has 0 unspecified atom stereocenters. The second kappa shape index (κ2) is 6.90. The Morgan fingerprint density at radius 3 is 2.57 bits per heavy atom. The summed E-state index contributed by atoms with van der Waals surface area (Å²) < 4.78 is 10.1. The van der Waals surface area contributed by atoms with Crippen LogP contribution in [0, 0.1) is 0 Å². The lowest BCUT2D eigenvalue weighted by atomic mass is 10.4. The second-order valence-corrected chi connectivity index (χ2v) is 3.49. The average Bonchev–Trinajstić information content (AvgIpc) is 2.70. The van der Waals surface area contributed by atoms with Crippen molar-refractivity contribution < 1.29 is 14.3 Å². The van der Waals surface area contributed by atoms with Crippen LogP contribution in [0.15, 0.2) is 0 Å². The smallest absolute Gasteiger partial charge is 0.409 e. The summed E-state index contributed by atoms with van der Waals surface area (Å²) in [6.45, 7) is 2.88. The predicted octanol–water partition coefficient (Wildman–Crippen LogP) is 1.47. The van der Waals surface area contributed by atoms with Crippen molar-refractivity contribution in [3.05, 3.63) is 0 Å². The zero-order valence-corrected chi connectivity index (χ0v) is 8.96. The van der Waals surface area contributed by atoms with Gasteiger partial charge in [0.05, 0.1) is 13.2 Å². The predicted molar refractivity (Wildman–Crippen MR) is 53.7 cm³/mol. The lowest BCUT2D eigenvalue weighted by molar-refractivity contribution is 0.0634. The fraction of sp³-hybridized carbons (Fsp3) is 0.889. The van der Waals surface area contributed by atoms with E-state index in [1.807, 2.05) is 0 Å². The van der Waals surface area contributed by atoms with E-state index >= 15 is 0 Å². The molecule has 14 heavy (non-hydrogen) atoms. The van der Waals surface area contributed by atoms with Gasteiger partial charge >= 0.3 is 6.09 Å². The summed E-state index contributed by atoms with van der Waals surface area (Å²) in [6.07, 6.45) is 1.94. The van der Waals surface area contributed by atoms with Crippen LogP contribution < -0.4 is 0 Å². The van der Waals surface area contributed by atoms with Crippen LogP contribution in [0.5, 0.6) is 0 Å². The zero-order valence-electron chi connectivity index (χ0n) is 8.21. The number of amides is 1. The number of carbonyl (C=O) groups is 1. The molecule has 0 aliphatic carbocycles.